The van der Waals surface area contributed by atoms with Crippen molar-refractivity contribution in [3.05, 3.63) is 42.0 Å². The second kappa shape index (κ2) is 9.82. The predicted molar refractivity (Wildman–Crippen MR) is 102 cm³/mol. The Labute approximate surface area is 157 Å². The summed E-state index contributed by atoms with van der Waals surface area (Å²) in [6, 6.07) is 11.1. The maximum atomic E-state index is 12.1. The molecule has 0 saturated carbocycles. The van der Waals surface area contributed by atoms with E-state index in [0.717, 1.165) is 10.5 Å². The highest BCUT2D eigenvalue weighted by Crippen LogP contribution is 2.31. The van der Waals surface area contributed by atoms with Gasteiger partial charge < -0.3 is 24.3 Å². The molecule has 0 heterocycles. The molecule has 0 spiro atoms. The molecular formula is C19H23NO5S. The minimum Gasteiger partial charge on any atom is -0.493 e. The van der Waals surface area contributed by atoms with Gasteiger partial charge in [-0.3, -0.25) is 4.79 Å². The van der Waals surface area contributed by atoms with Gasteiger partial charge in [0.05, 0.1) is 34.2 Å². The Balaban J connectivity index is 1.87. The number of amides is 1. The maximum absolute atomic E-state index is 12.1. The number of thioether (sulfide) groups is 1. The molecule has 2 aromatic carbocycles. The average Bonchev–Trinajstić information content (AvgIpc) is 2.69. The van der Waals surface area contributed by atoms with Crippen molar-refractivity contribution in [1.82, 2.24) is 5.32 Å². The van der Waals surface area contributed by atoms with Crippen molar-refractivity contribution in [1.29, 1.82) is 0 Å². The molecule has 0 aliphatic heterocycles. The van der Waals surface area contributed by atoms with Crippen molar-refractivity contribution in [2.24, 2.45) is 0 Å². The second-order valence-electron chi connectivity index (χ2n) is 5.27. The first-order chi connectivity index (χ1) is 12.6. The standard InChI is InChI=1S/C19H23NO5S/c1-22-15-7-5-13(9-17(15)24-3)11-20-19(21)12-26-14-6-8-16(23-2)18(10-14)25-4/h5-10H,11-12H2,1-4H3,(H,20,21). The van der Waals surface area contributed by atoms with Gasteiger partial charge in [-0.05, 0) is 35.9 Å². The van der Waals surface area contributed by atoms with E-state index >= 15 is 0 Å². The van der Waals surface area contributed by atoms with E-state index in [4.69, 9.17) is 18.9 Å². The predicted octanol–water partition coefficient (Wildman–Crippen LogP) is 3.13. The van der Waals surface area contributed by atoms with Crippen molar-refractivity contribution in [2.45, 2.75) is 11.4 Å². The van der Waals surface area contributed by atoms with Crippen LogP contribution in [0.25, 0.3) is 0 Å². The lowest BCUT2D eigenvalue weighted by molar-refractivity contribution is -0.118. The summed E-state index contributed by atoms with van der Waals surface area (Å²) in [6.07, 6.45) is 0. The zero-order chi connectivity index (χ0) is 18.9. The Hall–Kier alpha value is -2.54. The highest BCUT2D eigenvalue weighted by Gasteiger charge is 2.09. The lowest BCUT2D eigenvalue weighted by Gasteiger charge is -2.11. The van der Waals surface area contributed by atoms with Crippen molar-refractivity contribution >= 4 is 17.7 Å². The number of ether oxygens (including phenoxy) is 4. The molecular weight excluding hydrogens is 354 g/mol. The largest absolute Gasteiger partial charge is 0.493 e. The van der Waals surface area contributed by atoms with E-state index in [0.29, 0.717) is 35.3 Å². The average molecular weight is 377 g/mol. The van der Waals surface area contributed by atoms with E-state index in [2.05, 4.69) is 5.32 Å². The first-order valence-corrected chi connectivity index (χ1v) is 8.92. The molecule has 0 aliphatic carbocycles. The molecule has 7 heteroatoms. The molecule has 1 N–H and O–H groups in total. The minimum absolute atomic E-state index is 0.0560. The summed E-state index contributed by atoms with van der Waals surface area (Å²) in [5.74, 6) is 2.85. The van der Waals surface area contributed by atoms with E-state index in [1.807, 2.05) is 36.4 Å². The number of benzene rings is 2. The van der Waals surface area contributed by atoms with Crippen molar-refractivity contribution in [3.63, 3.8) is 0 Å². The summed E-state index contributed by atoms with van der Waals surface area (Å²) in [5, 5.41) is 2.90. The SMILES string of the molecule is COc1ccc(CNC(=O)CSc2ccc(OC)c(OC)c2)cc1OC. The molecule has 2 aromatic rings. The summed E-state index contributed by atoms with van der Waals surface area (Å²) in [4.78, 5) is 13.0. The molecule has 0 unspecified atom stereocenters. The summed E-state index contributed by atoms with van der Waals surface area (Å²) in [6.45, 7) is 0.422. The van der Waals surface area contributed by atoms with Crippen molar-refractivity contribution in [3.8, 4) is 23.0 Å². The van der Waals surface area contributed by atoms with Gasteiger partial charge in [0.1, 0.15) is 0 Å². The van der Waals surface area contributed by atoms with Gasteiger partial charge in [-0.15, -0.1) is 11.8 Å². The third-order valence-electron chi connectivity index (χ3n) is 3.66. The topological polar surface area (TPSA) is 66.0 Å². The fourth-order valence-corrected chi connectivity index (χ4v) is 3.05. The molecule has 0 radical (unpaired) electrons. The maximum Gasteiger partial charge on any atom is 0.230 e. The molecule has 0 aromatic heterocycles. The Morgan fingerprint density at radius 1 is 0.846 bits per heavy atom. The van der Waals surface area contributed by atoms with Crippen molar-refractivity contribution in [2.75, 3.05) is 34.2 Å². The molecule has 2 rings (SSSR count). The van der Waals surface area contributed by atoms with Crippen LogP contribution in [-0.2, 0) is 11.3 Å². The van der Waals surface area contributed by atoms with Gasteiger partial charge >= 0.3 is 0 Å². The molecule has 26 heavy (non-hydrogen) atoms. The lowest BCUT2D eigenvalue weighted by Crippen LogP contribution is -2.24. The smallest absolute Gasteiger partial charge is 0.230 e. The highest BCUT2D eigenvalue weighted by molar-refractivity contribution is 8.00. The van der Waals surface area contributed by atoms with E-state index in [9.17, 15) is 4.79 Å². The minimum atomic E-state index is -0.0560. The Morgan fingerprint density at radius 2 is 1.42 bits per heavy atom. The number of hydrogen-bond donors (Lipinski definition) is 1. The van der Waals surface area contributed by atoms with Crippen LogP contribution in [0.5, 0.6) is 23.0 Å². The quantitative estimate of drug-likeness (QED) is 0.678. The van der Waals surface area contributed by atoms with Gasteiger partial charge in [-0.1, -0.05) is 6.07 Å². The van der Waals surface area contributed by atoms with Gasteiger partial charge in [-0.25, -0.2) is 0 Å². The van der Waals surface area contributed by atoms with E-state index < -0.39 is 0 Å². The van der Waals surface area contributed by atoms with E-state index in [1.54, 1.807) is 28.4 Å². The molecule has 6 nitrogen and oxygen atoms in total. The van der Waals surface area contributed by atoms with Crippen LogP contribution >= 0.6 is 11.8 Å². The molecule has 0 atom stereocenters. The van der Waals surface area contributed by atoms with Gasteiger partial charge in [0.15, 0.2) is 23.0 Å². The molecule has 0 bridgehead atoms. The fourth-order valence-electron chi connectivity index (χ4n) is 2.30. The highest BCUT2D eigenvalue weighted by atomic mass is 32.2. The third-order valence-corrected chi connectivity index (χ3v) is 4.66. The Morgan fingerprint density at radius 3 is 2.04 bits per heavy atom. The molecule has 1 amide bonds. The van der Waals surface area contributed by atoms with Crippen LogP contribution in [-0.4, -0.2) is 40.1 Å². The van der Waals surface area contributed by atoms with E-state index in [1.165, 1.54) is 11.8 Å². The van der Waals surface area contributed by atoms with Gasteiger partial charge in [0, 0.05) is 11.4 Å². The van der Waals surface area contributed by atoms with Crippen LogP contribution < -0.4 is 24.3 Å². The molecule has 0 saturated heterocycles. The molecule has 0 aliphatic rings. The van der Waals surface area contributed by atoms with Gasteiger partial charge in [0.25, 0.3) is 0 Å². The monoisotopic (exact) mass is 377 g/mol. The number of rotatable bonds is 9. The summed E-state index contributed by atoms with van der Waals surface area (Å²) < 4.78 is 20.9. The summed E-state index contributed by atoms with van der Waals surface area (Å²) in [5.41, 5.74) is 0.937. The summed E-state index contributed by atoms with van der Waals surface area (Å²) >= 11 is 1.43. The zero-order valence-corrected chi connectivity index (χ0v) is 16.1. The normalized spacial score (nSPS) is 10.2. The molecule has 0 fully saturated rings. The number of carbonyl (C=O) groups excluding carboxylic acids is 1. The zero-order valence-electron chi connectivity index (χ0n) is 15.3. The lowest BCUT2D eigenvalue weighted by atomic mass is 10.2. The first-order valence-electron chi connectivity index (χ1n) is 7.93. The van der Waals surface area contributed by atoms with Crippen LogP contribution in [0.4, 0.5) is 0 Å². The van der Waals surface area contributed by atoms with Crippen LogP contribution in [0.15, 0.2) is 41.3 Å². The van der Waals surface area contributed by atoms with Crippen molar-refractivity contribution < 1.29 is 23.7 Å². The number of hydrogen-bond acceptors (Lipinski definition) is 6. The number of nitrogens with one attached hydrogen (secondary N) is 1. The van der Waals surface area contributed by atoms with Crippen LogP contribution in [0, 0.1) is 0 Å². The molecule has 140 valence electrons. The Kier molecular flexibility index (Phi) is 7.47. The van der Waals surface area contributed by atoms with Crippen LogP contribution in [0.1, 0.15) is 5.56 Å². The Bertz CT molecular complexity index is 689. The number of methoxy groups -OCH3 is 4. The summed E-state index contributed by atoms with van der Waals surface area (Å²) in [7, 11) is 6.35. The number of carbonyl (C=O) groups is 1. The van der Waals surface area contributed by atoms with Gasteiger partial charge in [-0.2, -0.15) is 0 Å². The first kappa shape index (κ1) is 19.8. The van der Waals surface area contributed by atoms with Crippen LogP contribution in [0.2, 0.25) is 0 Å². The fraction of sp³-hybridized carbons (Fsp3) is 0.316. The van der Waals surface area contributed by atoms with Gasteiger partial charge in [0.2, 0.25) is 5.91 Å². The third kappa shape index (κ3) is 5.23. The second-order valence-corrected chi connectivity index (χ2v) is 6.32. The van der Waals surface area contributed by atoms with E-state index in [-0.39, 0.29) is 5.91 Å². The van der Waals surface area contributed by atoms with Crippen LogP contribution in [0.3, 0.4) is 0 Å².